The van der Waals surface area contributed by atoms with Crippen LogP contribution >= 0.6 is 15.9 Å². The lowest BCUT2D eigenvalue weighted by Gasteiger charge is -2.03. The minimum atomic E-state index is 0.690. The fourth-order valence-electron chi connectivity index (χ4n) is 1.56. The van der Waals surface area contributed by atoms with Gasteiger partial charge in [0.2, 0.25) is 0 Å². The molecule has 3 heteroatoms. The van der Waals surface area contributed by atoms with Crippen LogP contribution in [0.1, 0.15) is 5.56 Å². The third-order valence-corrected chi connectivity index (χ3v) is 2.88. The van der Waals surface area contributed by atoms with Crippen LogP contribution in [0.5, 0.6) is 0 Å². The van der Waals surface area contributed by atoms with Gasteiger partial charge in [-0.05, 0) is 46.6 Å². The van der Waals surface area contributed by atoms with Crippen LogP contribution in [0.2, 0.25) is 0 Å². The van der Waals surface area contributed by atoms with Crippen molar-refractivity contribution in [2.45, 2.75) is 6.42 Å². The maximum absolute atomic E-state index is 5.51. The molecule has 0 radical (unpaired) electrons. The molecular weight excluding hydrogens is 264 g/mol. The molecule has 1 aromatic carbocycles. The predicted molar refractivity (Wildman–Crippen MR) is 70.1 cm³/mol. The molecule has 0 bridgehead atoms. The lowest BCUT2D eigenvalue weighted by atomic mass is 10.1. The van der Waals surface area contributed by atoms with Crippen LogP contribution in [0.25, 0.3) is 11.3 Å². The summed E-state index contributed by atoms with van der Waals surface area (Å²) in [6.07, 6.45) is 2.73. The summed E-state index contributed by atoms with van der Waals surface area (Å²) >= 11 is 3.37. The Bertz CT molecular complexity index is 448. The number of pyridine rings is 1. The van der Waals surface area contributed by atoms with E-state index in [2.05, 4.69) is 45.2 Å². The second-order valence-corrected chi connectivity index (χ2v) is 4.51. The maximum atomic E-state index is 5.51. The highest BCUT2D eigenvalue weighted by Crippen LogP contribution is 2.19. The number of nitrogens with two attached hydrogens (primary N) is 1. The van der Waals surface area contributed by atoms with Gasteiger partial charge in [-0.1, -0.05) is 24.3 Å². The fraction of sp³-hybridized carbons (Fsp3) is 0.154. The monoisotopic (exact) mass is 276 g/mol. The highest BCUT2D eigenvalue weighted by Gasteiger charge is 1.99. The molecule has 2 N–H and O–H groups in total. The van der Waals surface area contributed by atoms with Crippen molar-refractivity contribution in [3.8, 4) is 11.3 Å². The number of hydrogen-bond donors (Lipinski definition) is 1. The van der Waals surface area contributed by atoms with E-state index in [0.717, 1.165) is 22.2 Å². The Balaban J connectivity index is 2.24. The highest BCUT2D eigenvalue weighted by molar-refractivity contribution is 9.10. The molecule has 0 unspecified atom stereocenters. The molecule has 2 rings (SSSR count). The first-order valence-corrected chi connectivity index (χ1v) is 6.00. The van der Waals surface area contributed by atoms with Crippen molar-refractivity contribution in [2.75, 3.05) is 6.54 Å². The molecule has 2 nitrogen and oxygen atoms in total. The second kappa shape index (κ2) is 5.23. The van der Waals surface area contributed by atoms with E-state index >= 15 is 0 Å². The van der Waals surface area contributed by atoms with Crippen molar-refractivity contribution < 1.29 is 0 Å². The zero-order chi connectivity index (χ0) is 11.4. The topological polar surface area (TPSA) is 38.9 Å². The molecule has 2 aromatic rings. The first kappa shape index (κ1) is 11.3. The third kappa shape index (κ3) is 2.68. The Morgan fingerprint density at radius 1 is 1.06 bits per heavy atom. The summed E-state index contributed by atoms with van der Waals surface area (Å²) in [5.74, 6) is 0. The number of rotatable bonds is 3. The Kier molecular flexibility index (Phi) is 3.70. The van der Waals surface area contributed by atoms with Crippen LogP contribution in [0.3, 0.4) is 0 Å². The number of nitrogens with zero attached hydrogens (tertiary/aromatic N) is 1. The molecule has 0 saturated carbocycles. The zero-order valence-electron chi connectivity index (χ0n) is 8.86. The van der Waals surface area contributed by atoms with Gasteiger partial charge in [-0.2, -0.15) is 0 Å². The molecule has 0 aliphatic heterocycles. The summed E-state index contributed by atoms with van der Waals surface area (Å²) in [6, 6.07) is 12.4. The third-order valence-electron chi connectivity index (χ3n) is 2.41. The molecular formula is C13H13BrN2. The van der Waals surface area contributed by atoms with Crippen molar-refractivity contribution in [1.29, 1.82) is 0 Å². The van der Waals surface area contributed by atoms with Gasteiger partial charge in [-0.3, -0.25) is 4.98 Å². The zero-order valence-corrected chi connectivity index (χ0v) is 10.4. The van der Waals surface area contributed by atoms with Crippen molar-refractivity contribution in [1.82, 2.24) is 4.98 Å². The van der Waals surface area contributed by atoms with Gasteiger partial charge in [0.15, 0.2) is 0 Å². The van der Waals surface area contributed by atoms with E-state index in [1.54, 1.807) is 0 Å². The molecule has 0 atom stereocenters. The molecule has 0 aliphatic carbocycles. The number of benzene rings is 1. The Hall–Kier alpha value is -1.19. The molecule has 16 heavy (non-hydrogen) atoms. The van der Waals surface area contributed by atoms with Gasteiger partial charge in [0.05, 0.1) is 5.69 Å². The van der Waals surface area contributed by atoms with Crippen molar-refractivity contribution in [2.24, 2.45) is 5.73 Å². The SMILES string of the molecule is NCCc1ccc(-c2ccc(Br)cn2)cc1. The van der Waals surface area contributed by atoms with Gasteiger partial charge in [-0.25, -0.2) is 0 Å². The standard InChI is InChI=1S/C13H13BrN2/c14-12-5-6-13(16-9-12)11-3-1-10(2-4-11)7-8-15/h1-6,9H,7-8,15H2. The maximum Gasteiger partial charge on any atom is 0.0702 e. The van der Waals surface area contributed by atoms with E-state index in [-0.39, 0.29) is 0 Å². The molecule has 0 aliphatic rings. The van der Waals surface area contributed by atoms with Gasteiger partial charge < -0.3 is 5.73 Å². The smallest absolute Gasteiger partial charge is 0.0702 e. The number of halogens is 1. The van der Waals surface area contributed by atoms with Crippen molar-refractivity contribution >= 4 is 15.9 Å². The fourth-order valence-corrected chi connectivity index (χ4v) is 1.79. The summed E-state index contributed by atoms with van der Waals surface area (Å²) in [5, 5.41) is 0. The second-order valence-electron chi connectivity index (χ2n) is 3.60. The summed E-state index contributed by atoms with van der Waals surface area (Å²) in [6.45, 7) is 0.690. The lowest BCUT2D eigenvalue weighted by molar-refractivity contribution is 0.969. The van der Waals surface area contributed by atoms with Crippen molar-refractivity contribution in [3.63, 3.8) is 0 Å². The Labute approximate surface area is 104 Å². The molecule has 0 spiro atoms. The molecule has 1 aromatic heterocycles. The Morgan fingerprint density at radius 3 is 2.38 bits per heavy atom. The normalized spacial score (nSPS) is 10.4. The average Bonchev–Trinajstić information content (AvgIpc) is 2.32. The lowest BCUT2D eigenvalue weighted by Crippen LogP contribution is -2.02. The summed E-state index contributed by atoms with van der Waals surface area (Å²) in [7, 11) is 0. The van der Waals surface area contributed by atoms with E-state index in [1.165, 1.54) is 5.56 Å². The molecule has 0 fully saturated rings. The van der Waals surface area contributed by atoms with Crippen molar-refractivity contribution in [3.05, 3.63) is 52.6 Å². The van der Waals surface area contributed by atoms with Gasteiger partial charge in [0.1, 0.15) is 0 Å². The molecule has 1 heterocycles. The van der Waals surface area contributed by atoms with Crippen LogP contribution in [0.4, 0.5) is 0 Å². The van der Waals surface area contributed by atoms with E-state index in [0.29, 0.717) is 6.54 Å². The van der Waals surface area contributed by atoms with Gasteiger partial charge in [0, 0.05) is 16.2 Å². The number of hydrogen-bond acceptors (Lipinski definition) is 2. The summed E-state index contributed by atoms with van der Waals surface area (Å²) < 4.78 is 0.996. The first-order valence-electron chi connectivity index (χ1n) is 5.20. The summed E-state index contributed by atoms with van der Waals surface area (Å²) in [4.78, 5) is 4.35. The van der Waals surface area contributed by atoms with Gasteiger partial charge in [-0.15, -0.1) is 0 Å². The predicted octanol–water partition coefficient (Wildman–Crippen LogP) is 3.01. The largest absolute Gasteiger partial charge is 0.330 e. The molecule has 0 saturated heterocycles. The van der Waals surface area contributed by atoms with E-state index in [4.69, 9.17) is 5.73 Å². The van der Waals surface area contributed by atoms with Crippen LogP contribution in [-0.2, 0) is 6.42 Å². The molecule has 0 amide bonds. The average molecular weight is 277 g/mol. The summed E-state index contributed by atoms with van der Waals surface area (Å²) in [5.41, 5.74) is 8.90. The van der Waals surface area contributed by atoms with Gasteiger partial charge in [0.25, 0.3) is 0 Å². The van der Waals surface area contributed by atoms with Crippen LogP contribution < -0.4 is 5.73 Å². The quantitative estimate of drug-likeness (QED) is 0.936. The van der Waals surface area contributed by atoms with E-state index < -0.39 is 0 Å². The van der Waals surface area contributed by atoms with E-state index in [1.807, 2.05) is 18.3 Å². The molecule has 82 valence electrons. The number of aromatic nitrogens is 1. The van der Waals surface area contributed by atoms with Crippen LogP contribution in [0.15, 0.2) is 47.1 Å². The van der Waals surface area contributed by atoms with Gasteiger partial charge >= 0.3 is 0 Å². The first-order chi connectivity index (χ1) is 7.79. The van der Waals surface area contributed by atoms with Crippen LogP contribution in [-0.4, -0.2) is 11.5 Å². The Morgan fingerprint density at radius 2 is 1.81 bits per heavy atom. The minimum absolute atomic E-state index is 0.690. The van der Waals surface area contributed by atoms with Crippen LogP contribution in [0, 0.1) is 0 Å². The highest BCUT2D eigenvalue weighted by atomic mass is 79.9. The minimum Gasteiger partial charge on any atom is -0.330 e. The van der Waals surface area contributed by atoms with E-state index in [9.17, 15) is 0 Å².